The van der Waals surface area contributed by atoms with Crippen molar-refractivity contribution in [2.24, 2.45) is 10.4 Å². The molecule has 0 spiro atoms. The lowest BCUT2D eigenvalue weighted by atomic mass is 9.93. The van der Waals surface area contributed by atoms with Crippen molar-refractivity contribution in [2.45, 2.75) is 33.8 Å². The molecule has 0 aliphatic heterocycles. The Morgan fingerprint density at radius 3 is 2.44 bits per heavy atom. The van der Waals surface area contributed by atoms with Crippen LogP contribution < -0.4 is 15.4 Å². The van der Waals surface area contributed by atoms with Gasteiger partial charge in [-0.25, -0.2) is 0 Å². The molecule has 0 amide bonds. The molecule has 25 heavy (non-hydrogen) atoms. The number of aryl methyl sites for hydroxylation is 1. The van der Waals surface area contributed by atoms with E-state index in [0.29, 0.717) is 6.54 Å². The number of nitrogens with one attached hydrogen (secondary N) is 2. The summed E-state index contributed by atoms with van der Waals surface area (Å²) in [7, 11) is 5.99. The van der Waals surface area contributed by atoms with Crippen LogP contribution in [-0.4, -0.2) is 57.7 Å². The number of aliphatic imine (C=N–C) groups is 1. The lowest BCUT2D eigenvalue weighted by molar-refractivity contribution is 0.221. The molecule has 1 atom stereocenters. The van der Waals surface area contributed by atoms with Crippen LogP contribution >= 0.6 is 24.0 Å². The van der Waals surface area contributed by atoms with Crippen LogP contribution in [0.5, 0.6) is 5.75 Å². The molecule has 1 rings (SSSR count). The van der Waals surface area contributed by atoms with Crippen molar-refractivity contribution in [1.82, 2.24) is 15.5 Å². The van der Waals surface area contributed by atoms with Gasteiger partial charge < -0.3 is 20.3 Å². The number of benzene rings is 1. The summed E-state index contributed by atoms with van der Waals surface area (Å²) < 4.78 is 5.99. The fraction of sp³-hybridized carbons (Fsp3) is 0.632. The lowest BCUT2D eigenvalue weighted by Crippen LogP contribution is -2.46. The highest BCUT2D eigenvalue weighted by Crippen LogP contribution is 2.17. The molecule has 0 fully saturated rings. The van der Waals surface area contributed by atoms with E-state index in [0.717, 1.165) is 30.4 Å². The summed E-state index contributed by atoms with van der Waals surface area (Å²) in [6.07, 6.45) is 0.0550. The van der Waals surface area contributed by atoms with E-state index in [1.807, 2.05) is 18.2 Å². The van der Waals surface area contributed by atoms with E-state index in [4.69, 9.17) is 4.74 Å². The van der Waals surface area contributed by atoms with E-state index in [9.17, 15) is 0 Å². The molecule has 0 aliphatic rings. The summed E-state index contributed by atoms with van der Waals surface area (Å²) in [4.78, 5) is 6.50. The summed E-state index contributed by atoms with van der Waals surface area (Å²) in [5.74, 6) is 1.74. The molecule has 0 saturated carbocycles. The maximum absolute atomic E-state index is 5.99. The fourth-order valence-corrected chi connectivity index (χ4v) is 2.64. The van der Waals surface area contributed by atoms with Crippen molar-refractivity contribution in [1.29, 1.82) is 0 Å². The minimum absolute atomic E-state index is 0. The quantitative estimate of drug-likeness (QED) is 0.354. The SMILES string of the molecule is CN=C(NCC(C)Oc1ccccc1C)NCC(C)(C)CN(C)C.I. The highest BCUT2D eigenvalue weighted by atomic mass is 127. The third kappa shape index (κ3) is 9.89. The van der Waals surface area contributed by atoms with Gasteiger partial charge in [-0.15, -0.1) is 24.0 Å². The molecular formula is C19H35IN4O. The normalized spacial score (nSPS) is 13.2. The van der Waals surface area contributed by atoms with Crippen molar-refractivity contribution < 1.29 is 4.74 Å². The third-order valence-electron chi connectivity index (χ3n) is 3.68. The van der Waals surface area contributed by atoms with Gasteiger partial charge in [0.05, 0.1) is 6.54 Å². The zero-order valence-corrected chi connectivity index (χ0v) is 19.0. The topological polar surface area (TPSA) is 48.9 Å². The second-order valence-electron chi connectivity index (χ2n) is 7.40. The van der Waals surface area contributed by atoms with Crippen molar-refractivity contribution >= 4 is 29.9 Å². The van der Waals surface area contributed by atoms with Crippen LogP contribution in [0.25, 0.3) is 0 Å². The Morgan fingerprint density at radius 1 is 1.24 bits per heavy atom. The first-order valence-corrected chi connectivity index (χ1v) is 8.55. The number of rotatable bonds is 8. The molecule has 1 aromatic carbocycles. The predicted molar refractivity (Wildman–Crippen MR) is 118 cm³/mol. The fourth-order valence-electron chi connectivity index (χ4n) is 2.64. The van der Waals surface area contributed by atoms with Gasteiger partial charge in [-0.1, -0.05) is 32.0 Å². The van der Waals surface area contributed by atoms with Gasteiger partial charge in [-0.05, 0) is 45.0 Å². The lowest BCUT2D eigenvalue weighted by Gasteiger charge is -2.29. The number of hydrogen-bond donors (Lipinski definition) is 2. The van der Waals surface area contributed by atoms with Crippen molar-refractivity contribution in [3.63, 3.8) is 0 Å². The zero-order chi connectivity index (χ0) is 18.2. The van der Waals surface area contributed by atoms with Crippen LogP contribution in [0.3, 0.4) is 0 Å². The van der Waals surface area contributed by atoms with Gasteiger partial charge in [-0.2, -0.15) is 0 Å². The molecule has 6 heteroatoms. The Balaban J connectivity index is 0.00000576. The molecule has 0 aliphatic carbocycles. The van der Waals surface area contributed by atoms with Gasteiger partial charge in [0.15, 0.2) is 5.96 Å². The maximum atomic E-state index is 5.99. The molecule has 0 aromatic heterocycles. The van der Waals surface area contributed by atoms with Gasteiger partial charge in [0.1, 0.15) is 11.9 Å². The van der Waals surface area contributed by atoms with Crippen LogP contribution in [-0.2, 0) is 0 Å². The Bertz CT molecular complexity index is 532. The van der Waals surface area contributed by atoms with Gasteiger partial charge in [0.25, 0.3) is 0 Å². The molecule has 0 bridgehead atoms. The summed E-state index contributed by atoms with van der Waals surface area (Å²) in [5, 5.41) is 6.74. The minimum atomic E-state index is 0. The Labute approximate surface area is 170 Å². The molecule has 2 N–H and O–H groups in total. The van der Waals surface area contributed by atoms with Crippen LogP contribution in [0.2, 0.25) is 0 Å². The van der Waals surface area contributed by atoms with E-state index < -0.39 is 0 Å². The number of nitrogens with zero attached hydrogens (tertiary/aromatic N) is 2. The molecule has 0 saturated heterocycles. The second kappa shape index (κ2) is 11.6. The second-order valence-corrected chi connectivity index (χ2v) is 7.40. The number of halogens is 1. The number of para-hydroxylation sites is 1. The Kier molecular flexibility index (Phi) is 11.1. The standard InChI is InChI=1S/C19H34N4O.HI/c1-15-10-8-9-11-17(15)24-16(2)12-21-18(20-5)22-13-19(3,4)14-23(6)7;/h8-11,16H,12-14H2,1-7H3,(H2,20,21,22);1H. The van der Waals surface area contributed by atoms with Gasteiger partial charge in [-0.3, -0.25) is 4.99 Å². The van der Waals surface area contributed by atoms with Crippen molar-refractivity contribution in [3.05, 3.63) is 29.8 Å². The molecule has 1 aromatic rings. The average molecular weight is 462 g/mol. The highest BCUT2D eigenvalue weighted by Gasteiger charge is 2.19. The summed E-state index contributed by atoms with van der Waals surface area (Å²) in [5.41, 5.74) is 1.32. The third-order valence-corrected chi connectivity index (χ3v) is 3.68. The van der Waals surface area contributed by atoms with E-state index in [-0.39, 0.29) is 35.5 Å². The summed E-state index contributed by atoms with van der Waals surface area (Å²) in [6, 6.07) is 8.08. The van der Waals surface area contributed by atoms with E-state index in [1.165, 1.54) is 0 Å². The Hall–Kier alpha value is -1.02. The molecule has 0 radical (unpaired) electrons. The molecular weight excluding hydrogens is 427 g/mol. The van der Waals surface area contributed by atoms with Crippen molar-refractivity contribution in [3.8, 4) is 5.75 Å². The van der Waals surface area contributed by atoms with Gasteiger partial charge in [0.2, 0.25) is 0 Å². The van der Waals surface area contributed by atoms with Crippen LogP contribution in [0, 0.1) is 12.3 Å². The van der Waals surface area contributed by atoms with Crippen LogP contribution in [0.1, 0.15) is 26.3 Å². The Morgan fingerprint density at radius 2 is 1.88 bits per heavy atom. The zero-order valence-electron chi connectivity index (χ0n) is 16.7. The maximum Gasteiger partial charge on any atom is 0.191 e. The summed E-state index contributed by atoms with van der Waals surface area (Å²) in [6.45, 7) is 11.2. The molecule has 1 unspecified atom stereocenters. The minimum Gasteiger partial charge on any atom is -0.489 e. The molecule has 0 heterocycles. The summed E-state index contributed by atoms with van der Waals surface area (Å²) >= 11 is 0. The first kappa shape index (κ1) is 24.0. The molecule has 5 nitrogen and oxygen atoms in total. The predicted octanol–water partition coefficient (Wildman–Crippen LogP) is 3.13. The number of hydrogen-bond acceptors (Lipinski definition) is 3. The van der Waals surface area contributed by atoms with Crippen LogP contribution in [0.15, 0.2) is 29.3 Å². The van der Waals surface area contributed by atoms with Crippen LogP contribution in [0.4, 0.5) is 0 Å². The largest absolute Gasteiger partial charge is 0.489 e. The van der Waals surface area contributed by atoms with Gasteiger partial charge >= 0.3 is 0 Å². The van der Waals surface area contributed by atoms with Crippen molar-refractivity contribution in [2.75, 3.05) is 40.8 Å². The number of guanidine groups is 1. The highest BCUT2D eigenvalue weighted by molar-refractivity contribution is 14.0. The first-order valence-electron chi connectivity index (χ1n) is 8.55. The van der Waals surface area contributed by atoms with Gasteiger partial charge in [0, 0.05) is 20.1 Å². The van der Waals surface area contributed by atoms with E-state index in [1.54, 1.807) is 7.05 Å². The number of ether oxygens (including phenoxy) is 1. The molecule has 144 valence electrons. The van der Waals surface area contributed by atoms with E-state index in [2.05, 4.69) is 68.4 Å². The monoisotopic (exact) mass is 462 g/mol. The average Bonchev–Trinajstić information content (AvgIpc) is 2.48. The smallest absolute Gasteiger partial charge is 0.191 e. The first-order chi connectivity index (χ1) is 11.2. The van der Waals surface area contributed by atoms with E-state index >= 15 is 0 Å².